The van der Waals surface area contributed by atoms with Gasteiger partial charge in [-0.2, -0.15) is 9.98 Å². The predicted octanol–water partition coefficient (Wildman–Crippen LogP) is 1.21. The van der Waals surface area contributed by atoms with Gasteiger partial charge in [0.05, 0.1) is 0 Å². The normalized spacial score (nSPS) is 13.7. The van der Waals surface area contributed by atoms with Gasteiger partial charge in [-0.05, 0) is 61.4 Å². The van der Waals surface area contributed by atoms with Crippen LogP contribution in [0.2, 0.25) is 10.0 Å². The third kappa shape index (κ3) is 16.7. The topological polar surface area (TPSA) is 293 Å². The first kappa shape index (κ1) is 37.4. The minimum Gasteiger partial charge on any atom is -0.479 e. The molecule has 2 aromatic carbocycles. The lowest BCUT2D eigenvalue weighted by molar-refractivity contribution is -0.165. The van der Waals surface area contributed by atoms with E-state index < -0.39 is 24.1 Å². The average Bonchev–Trinajstić information content (AvgIpc) is 2.96. The summed E-state index contributed by atoms with van der Waals surface area (Å²) in [7, 11) is 0. The second-order valence-corrected chi connectivity index (χ2v) is 9.59. The highest BCUT2D eigenvalue weighted by atomic mass is 35.5. The van der Waals surface area contributed by atoms with E-state index in [4.69, 9.17) is 66.6 Å². The molecule has 0 aliphatic heterocycles. The molecule has 0 saturated heterocycles. The Hall–Kier alpha value is -4.64. The van der Waals surface area contributed by atoms with E-state index in [1.54, 1.807) is 48.5 Å². The molecule has 0 spiro atoms. The van der Waals surface area contributed by atoms with E-state index in [1.165, 1.54) is 0 Å². The van der Waals surface area contributed by atoms with Gasteiger partial charge >= 0.3 is 11.9 Å². The van der Waals surface area contributed by atoms with Crippen molar-refractivity contribution in [2.45, 2.75) is 37.9 Å². The number of unbranched alkanes of at least 4 members (excludes halogenated alkanes) is 3. The number of carbonyl (C=O) groups is 2. The molecule has 2 atom stereocenters. The second kappa shape index (κ2) is 20.3. The Kier molecular flexibility index (Phi) is 17.2. The smallest absolute Gasteiger partial charge is 0.335 e. The van der Waals surface area contributed by atoms with Gasteiger partial charge in [-0.25, -0.2) is 9.59 Å². The van der Waals surface area contributed by atoms with Gasteiger partial charge in [-0.1, -0.05) is 36.0 Å². The van der Waals surface area contributed by atoms with Gasteiger partial charge < -0.3 is 54.0 Å². The van der Waals surface area contributed by atoms with Crippen LogP contribution in [-0.4, -0.2) is 81.5 Å². The van der Waals surface area contributed by atoms with Crippen molar-refractivity contribution in [2.24, 2.45) is 42.9 Å². The summed E-state index contributed by atoms with van der Waals surface area (Å²) in [5, 5.41) is 39.6. The van der Waals surface area contributed by atoms with Crippen molar-refractivity contribution < 1.29 is 30.0 Å². The maximum atomic E-state index is 9.77. The number of guanidine groups is 4. The maximum absolute atomic E-state index is 9.77. The van der Waals surface area contributed by atoms with Crippen molar-refractivity contribution >= 4 is 70.4 Å². The SMILES string of the molecule is NC(=NCCCCCCN=C(N)N=C(N)Nc1ccc(Cl)cc1)N=C(N)Nc1ccc(Cl)cc1.O=C(O)C(O)C(O)C(=O)O. The van der Waals surface area contributed by atoms with Gasteiger partial charge in [-0.15, -0.1) is 0 Å². The maximum Gasteiger partial charge on any atom is 0.335 e. The van der Waals surface area contributed by atoms with Gasteiger partial charge in [0.1, 0.15) is 0 Å². The quantitative estimate of drug-likeness (QED) is 0.0877. The summed E-state index contributed by atoms with van der Waals surface area (Å²) in [6.45, 7) is 1.12. The molecule has 0 aliphatic rings. The third-order valence-electron chi connectivity index (χ3n) is 5.12. The summed E-state index contributed by atoms with van der Waals surface area (Å²) in [6, 6.07) is 14.1. The number of nitrogens with two attached hydrogens (primary N) is 4. The largest absolute Gasteiger partial charge is 0.479 e. The number of halogens is 2. The van der Waals surface area contributed by atoms with E-state index in [-0.39, 0.29) is 23.8 Å². The zero-order chi connectivity index (χ0) is 33.1. The molecule has 0 saturated carbocycles. The van der Waals surface area contributed by atoms with Crippen LogP contribution >= 0.6 is 23.2 Å². The second-order valence-electron chi connectivity index (χ2n) is 8.72. The van der Waals surface area contributed by atoms with Crippen molar-refractivity contribution in [1.82, 2.24) is 0 Å². The Morgan fingerprint density at radius 1 is 0.636 bits per heavy atom. The van der Waals surface area contributed by atoms with Crippen molar-refractivity contribution in [1.29, 1.82) is 0 Å². The van der Waals surface area contributed by atoms with E-state index in [2.05, 4.69) is 30.6 Å². The number of aliphatic hydroxyl groups excluding tert-OH is 2. The van der Waals surface area contributed by atoms with Crippen molar-refractivity contribution in [3.63, 3.8) is 0 Å². The molecule has 0 heterocycles. The number of benzene rings is 2. The van der Waals surface area contributed by atoms with Gasteiger partial charge in [0, 0.05) is 34.5 Å². The van der Waals surface area contributed by atoms with E-state index in [0.29, 0.717) is 23.1 Å². The van der Waals surface area contributed by atoms with Crippen molar-refractivity contribution in [3.05, 3.63) is 58.6 Å². The summed E-state index contributed by atoms with van der Waals surface area (Å²) in [5.74, 6) is -2.97. The first-order valence-electron chi connectivity index (χ1n) is 12.9. The number of nitrogens with zero attached hydrogens (tertiary/aromatic N) is 4. The fourth-order valence-electron chi connectivity index (χ4n) is 2.97. The molecular formula is C26H36Cl2N10O6. The molecule has 0 bridgehead atoms. The summed E-state index contributed by atoms with van der Waals surface area (Å²) >= 11 is 11.7. The van der Waals surface area contributed by atoms with Crippen LogP contribution in [0, 0.1) is 0 Å². The summed E-state index contributed by atoms with van der Waals surface area (Å²) in [5.41, 5.74) is 24.8. The lowest BCUT2D eigenvalue weighted by Crippen LogP contribution is -2.39. The highest BCUT2D eigenvalue weighted by Crippen LogP contribution is 2.13. The Bertz CT molecular complexity index is 1220. The van der Waals surface area contributed by atoms with Gasteiger partial charge in [0.15, 0.2) is 12.2 Å². The summed E-state index contributed by atoms with van der Waals surface area (Å²) < 4.78 is 0. The number of rotatable bonds is 12. The predicted molar refractivity (Wildman–Crippen MR) is 172 cm³/mol. The molecule has 0 aliphatic carbocycles. The first-order valence-corrected chi connectivity index (χ1v) is 13.7. The molecule has 0 aromatic heterocycles. The Morgan fingerprint density at radius 3 is 1.25 bits per heavy atom. The number of anilines is 2. The molecule has 2 aromatic rings. The Morgan fingerprint density at radius 2 is 0.955 bits per heavy atom. The van der Waals surface area contributed by atoms with E-state index >= 15 is 0 Å². The lowest BCUT2D eigenvalue weighted by Gasteiger charge is -2.07. The number of carboxylic acid groups (broad SMARTS) is 2. The van der Waals surface area contributed by atoms with Crippen LogP contribution in [0.1, 0.15) is 25.7 Å². The number of aliphatic hydroxyl groups is 2. The molecule has 0 fully saturated rings. The average molecular weight is 656 g/mol. The number of hydrogen-bond donors (Lipinski definition) is 10. The number of carboxylic acids is 2. The van der Waals surface area contributed by atoms with E-state index in [9.17, 15) is 9.59 Å². The van der Waals surface area contributed by atoms with Crippen LogP contribution in [0.25, 0.3) is 0 Å². The molecule has 18 heteroatoms. The van der Waals surface area contributed by atoms with E-state index in [1.807, 2.05) is 0 Å². The zero-order valence-corrected chi connectivity index (χ0v) is 25.0. The van der Waals surface area contributed by atoms with Crippen LogP contribution in [0.15, 0.2) is 68.5 Å². The van der Waals surface area contributed by atoms with Gasteiger partial charge in [-0.3, -0.25) is 9.98 Å². The Balaban J connectivity index is 0.000000828. The molecule has 14 N–H and O–H groups in total. The minimum absolute atomic E-state index is 0.124. The molecule has 240 valence electrons. The number of aliphatic carboxylic acids is 2. The molecule has 16 nitrogen and oxygen atoms in total. The van der Waals surface area contributed by atoms with Crippen molar-refractivity contribution in [3.8, 4) is 0 Å². The molecular weight excluding hydrogens is 619 g/mol. The lowest BCUT2D eigenvalue weighted by atomic mass is 10.2. The monoisotopic (exact) mass is 654 g/mol. The van der Waals surface area contributed by atoms with Gasteiger partial charge in [0.2, 0.25) is 23.8 Å². The highest BCUT2D eigenvalue weighted by molar-refractivity contribution is 6.31. The standard InChI is InChI=1S/C22H30Cl2N10.C4H6O6/c23-15-5-9-17(10-6-15)31-21(27)33-19(25)29-13-3-1-2-4-14-30-20(26)34-22(28)32-18-11-7-16(24)8-12-18;5-1(3(7)8)2(6)4(9)10/h5-12H,1-4,13-14H2,(H5,25,27,29,31,33)(H5,26,28,30,32,34);1-2,5-6H,(H,7,8)(H,9,10). The number of aliphatic imine (C=N–C) groups is 4. The molecule has 2 rings (SSSR count). The summed E-state index contributed by atoms with van der Waals surface area (Å²) in [4.78, 5) is 36.0. The fraction of sp³-hybridized carbons (Fsp3) is 0.308. The first-order chi connectivity index (χ1) is 20.8. The number of hydrogen-bond acceptors (Lipinski definition) is 6. The molecule has 44 heavy (non-hydrogen) atoms. The molecule has 0 amide bonds. The highest BCUT2D eigenvalue weighted by Gasteiger charge is 2.29. The van der Waals surface area contributed by atoms with E-state index in [0.717, 1.165) is 37.1 Å². The van der Waals surface area contributed by atoms with Crippen LogP contribution < -0.4 is 33.6 Å². The van der Waals surface area contributed by atoms with Crippen LogP contribution in [0.3, 0.4) is 0 Å². The molecule has 0 radical (unpaired) electrons. The minimum atomic E-state index is -2.27. The van der Waals surface area contributed by atoms with Crippen molar-refractivity contribution in [2.75, 3.05) is 23.7 Å². The zero-order valence-electron chi connectivity index (χ0n) is 23.5. The fourth-order valence-corrected chi connectivity index (χ4v) is 3.22. The number of nitrogens with one attached hydrogen (secondary N) is 2. The third-order valence-corrected chi connectivity index (χ3v) is 5.63. The Labute approximate surface area is 263 Å². The molecule has 2 unspecified atom stereocenters. The summed E-state index contributed by atoms with van der Waals surface area (Å²) in [6.07, 6.45) is -0.850. The van der Waals surface area contributed by atoms with Crippen LogP contribution in [-0.2, 0) is 9.59 Å². The van der Waals surface area contributed by atoms with Gasteiger partial charge in [0.25, 0.3) is 0 Å². The van der Waals surface area contributed by atoms with Crippen LogP contribution in [0.5, 0.6) is 0 Å². The van der Waals surface area contributed by atoms with Crippen LogP contribution in [0.4, 0.5) is 11.4 Å².